The number of nitrogens with one attached hydrogen (secondary N) is 2. The third kappa shape index (κ3) is 6.16. The number of H-pyrrole nitrogens is 1. The van der Waals surface area contributed by atoms with E-state index in [4.69, 9.17) is 9.72 Å². The van der Waals surface area contributed by atoms with Gasteiger partial charge in [-0.25, -0.2) is 4.98 Å². The molecule has 1 fully saturated rings. The SMILES string of the molecule is CC(C)C[C@H](NC(=O)[C@H]1CCCN(C(=O)CCOc2ccccc2)C1)c1nc2ccccc2[nH]1. The summed E-state index contributed by atoms with van der Waals surface area (Å²) in [7, 11) is 0. The number of aromatic amines is 1. The highest BCUT2D eigenvalue weighted by Crippen LogP contribution is 2.24. The minimum atomic E-state index is -0.216. The molecule has 180 valence electrons. The van der Waals surface area contributed by atoms with Crippen LogP contribution in [-0.2, 0) is 9.59 Å². The van der Waals surface area contributed by atoms with Crippen molar-refractivity contribution in [3.8, 4) is 5.75 Å². The van der Waals surface area contributed by atoms with Crippen LogP contribution in [0.15, 0.2) is 54.6 Å². The topological polar surface area (TPSA) is 87.3 Å². The summed E-state index contributed by atoms with van der Waals surface area (Å²) in [5, 5.41) is 3.22. The van der Waals surface area contributed by atoms with Crippen molar-refractivity contribution >= 4 is 22.8 Å². The molecule has 2 heterocycles. The number of imidazole rings is 1. The van der Waals surface area contributed by atoms with E-state index in [9.17, 15) is 9.59 Å². The van der Waals surface area contributed by atoms with Gasteiger partial charge in [0.1, 0.15) is 11.6 Å². The Morgan fingerprint density at radius 2 is 1.91 bits per heavy atom. The van der Waals surface area contributed by atoms with E-state index in [1.54, 1.807) is 4.90 Å². The molecule has 7 heteroatoms. The van der Waals surface area contributed by atoms with Gasteiger partial charge in [-0.05, 0) is 49.4 Å². The number of piperidine rings is 1. The summed E-state index contributed by atoms with van der Waals surface area (Å²) < 4.78 is 5.67. The molecular weight excluding hydrogens is 428 g/mol. The van der Waals surface area contributed by atoms with Gasteiger partial charge < -0.3 is 19.9 Å². The Morgan fingerprint density at radius 1 is 1.15 bits per heavy atom. The van der Waals surface area contributed by atoms with Crippen LogP contribution in [0.2, 0.25) is 0 Å². The van der Waals surface area contributed by atoms with Crippen molar-refractivity contribution in [2.45, 2.75) is 45.6 Å². The van der Waals surface area contributed by atoms with Crippen molar-refractivity contribution in [1.29, 1.82) is 0 Å². The number of benzene rings is 2. The number of hydrogen-bond donors (Lipinski definition) is 2. The Bertz CT molecular complexity index is 1060. The highest BCUT2D eigenvalue weighted by atomic mass is 16.5. The number of nitrogens with zero attached hydrogens (tertiary/aromatic N) is 2. The highest BCUT2D eigenvalue weighted by molar-refractivity contribution is 5.82. The minimum absolute atomic E-state index is 0.0101. The molecule has 3 aromatic rings. The summed E-state index contributed by atoms with van der Waals surface area (Å²) in [6.45, 7) is 5.75. The van der Waals surface area contributed by atoms with Crippen molar-refractivity contribution < 1.29 is 14.3 Å². The second-order valence-electron chi connectivity index (χ2n) is 9.42. The van der Waals surface area contributed by atoms with Crippen LogP contribution in [0.3, 0.4) is 0 Å². The van der Waals surface area contributed by atoms with Crippen molar-refractivity contribution in [1.82, 2.24) is 20.2 Å². The monoisotopic (exact) mass is 462 g/mol. The van der Waals surface area contributed by atoms with Crippen molar-refractivity contribution in [2.75, 3.05) is 19.7 Å². The van der Waals surface area contributed by atoms with Crippen molar-refractivity contribution in [3.63, 3.8) is 0 Å². The lowest BCUT2D eigenvalue weighted by Crippen LogP contribution is -2.46. The Balaban J connectivity index is 1.34. The summed E-state index contributed by atoms with van der Waals surface area (Å²) in [5.74, 6) is 1.74. The molecule has 2 N–H and O–H groups in total. The second-order valence-corrected chi connectivity index (χ2v) is 9.42. The van der Waals surface area contributed by atoms with E-state index in [-0.39, 0.29) is 23.8 Å². The number of carbonyl (C=O) groups excluding carboxylic acids is 2. The van der Waals surface area contributed by atoms with E-state index in [0.717, 1.165) is 41.9 Å². The number of hydrogen-bond acceptors (Lipinski definition) is 4. The zero-order valence-electron chi connectivity index (χ0n) is 20.0. The molecule has 0 spiro atoms. The minimum Gasteiger partial charge on any atom is -0.493 e. The second kappa shape index (κ2) is 11.2. The smallest absolute Gasteiger partial charge is 0.226 e. The number of fused-ring (bicyclic) bond motifs is 1. The Labute approximate surface area is 200 Å². The van der Waals surface area contributed by atoms with E-state index >= 15 is 0 Å². The number of aromatic nitrogens is 2. The predicted octanol–water partition coefficient (Wildman–Crippen LogP) is 4.47. The maximum absolute atomic E-state index is 13.2. The van der Waals surface area contributed by atoms with Gasteiger partial charge in [0.05, 0.1) is 36.0 Å². The number of likely N-dealkylation sites (tertiary alicyclic amines) is 1. The third-order valence-corrected chi connectivity index (χ3v) is 6.23. The Hall–Kier alpha value is -3.35. The molecule has 0 radical (unpaired) electrons. The zero-order valence-corrected chi connectivity index (χ0v) is 20.0. The molecule has 0 aliphatic carbocycles. The quantitative estimate of drug-likeness (QED) is 0.491. The van der Waals surface area contributed by atoms with Gasteiger partial charge in [0, 0.05) is 13.1 Å². The Kier molecular flexibility index (Phi) is 7.83. The summed E-state index contributed by atoms with van der Waals surface area (Å²) in [6.07, 6.45) is 2.70. The van der Waals surface area contributed by atoms with Gasteiger partial charge in [-0.3, -0.25) is 9.59 Å². The lowest BCUT2D eigenvalue weighted by atomic mass is 9.95. The first-order chi connectivity index (χ1) is 16.5. The van der Waals surface area contributed by atoms with Crippen LogP contribution >= 0.6 is 0 Å². The van der Waals surface area contributed by atoms with Crippen LogP contribution in [0.25, 0.3) is 11.0 Å². The summed E-state index contributed by atoms with van der Waals surface area (Å²) >= 11 is 0. The number of rotatable bonds is 9. The van der Waals surface area contributed by atoms with E-state index in [0.29, 0.717) is 32.0 Å². The molecule has 1 aromatic heterocycles. The van der Waals surface area contributed by atoms with E-state index in [1.165, 1.54) is 0 Å². The number of para-hydroxylation sites is 3. The first kappa shape index (κ1) is 23.8. The van der Waals surface area contributed by atoms with Gasteiger partial charge >= 0.3 is 0 Å². The van der Waals surface area contributed by atoms with Crippen LogP contribution in [-0.4, -0.2) is 46.4 Å². The Morgan fingerprint density at radius 3 is 2.68 bits per heavy atom. The zero-order chi connectivity index (χ0) is 23.9. The highest BCUT2D eigenvalue weighted by Gasteiger charge is 2.30. The number of ether oxygens (including phenoxy) is 1. The van der Waals surface area contributed by atoms with Gasteiger partial charge in [-0.1, -0.05) is 44.2 Å². The normalized spacial score (nSPS) is 17.0. The van der Waals surface area contributed by atoms with Gasteiger partial charge in [0.15, 0.2) is 0 Å². The van der Waals surface area contributed by atoms with Crippen LogP contribution in [0.5, 0.6) is 5.75 Å². The van der Waals surface area contributed by atoms with Crippen LogP contribution in [0.4, 0.5) is 0 Å². The van der Waals surface area contributed by atoms with Gasteiger partial charge in [0.2, 0.25) is 11.8 Å². The summed E-state index contributed by atoms with van der Waals surface area (Å²) in [6, 6.07) is 17.2. The third-order valence-electron chi connectivity index (χ3n) is 6.23. The average molecular weight is 463 g/mol. The fraction of sp³-hybridized carbons (Fsp3) is 0.444. The molecule has 34 heavy (non-hydrogen) atoms. The van der Waals surface area contributed by atoms with Crippen LogP contribution in [0, 0.1) is 11.8 Å². The largest absolute Gasteiger partial charge is 0.493 e. The fourth-order valence-corrected chi connectivity index (χ4v) is 4.49. The van der Waals surface area contributed by atoms with Crippen LogP contribution < -0.4 is 10.1 Å². The summed E-state index contributed by atoms with van der Waals surface area (Å²) in [5.41, 5.74) is 1.86. The maximum atomic E-state index is 13.2. The first-order valence-electron chi connectivity index (χ1n) is 12.2. The molecule has 1 aliphatic heterocycles. The lowest BCUT2D eigenvalue weighted by Gasteiger charge is -2.33. The number of amides is 2. The molecule has 0 saturated carbocycles. The number of carbonyl (C=O) groups is 2. The van der Waals surface area contributed by atoms with Gasteiger partial charge in [-0.15, -0.1) is 0 Å². The molecule has 0 unspecified atom stereocenters. The van der Waals surface area contributed by atoms with Crippen molar-refractivity contribution in [3.05, 3.63) is 60.4 Å². The van der Waals surface area contributed by atoms with E-state index in [1.807, 2.05) is 54.6 Å². The fourth-order valence-electron chi connectivity index (χ4n) is 4.49. The van der Waals surface area contributed by atoms with E-state index < -0.39 is 0 Å². The molecule has 2 atom stereocenters. The molecule has 1 aliphatic rings. The molecule has 2 aromatic carbocycles. The molecule has 2 amide bonds. The molecule has 7 nitrogen and oxygen atoms in total. The summed E-state index contributed by atoms with van der Waals surface area (Å²) in [4.78, 5) is 35.9. The average Bonchev–Trinajstić information content (AvgIpc) is 3.28. The first-order valence-corrected chi connectivity index (χ1v) is 12.2. The maximum Gasteiger partial charge on any atom is 0.226 e. The molecule has 1 saturated heterocycles. The van der Waals surface area contributed by atoms with Gasteiger partial charge in [-0.2, -0.15) is 0 Å². The van der Waals surface area contributed by atoms with E-state index in [2.05, 4.69) is 24.1 Å². The predicted molar refractivity (Wildman–Crippen MR) is 132 cm³/mol. The molecule has 0 bridgehead atoms. The molecular formula is C27H34N4O3. The van der Waals surface area contributed by atoms with Gasteiger partial charge in [0.25, 0.3) is 0 Å². The van der Waals surface area contributed by atoms with Crippen LogP contribution in [0.1, 0.15) is 51.4 Å². The van der Waals surface area contributed by atoms with Crippen molar-refractivity contribution in [2.24, 2.45) is 11.8 Å². The molecule has 4 rings (SSSR count). The standard InChI is InChI=1S/C27H34N4O3/c1-19(2)17-24(26-28-22-12-6-7-13-23(22)29-26)30-27(33)20-9-8-15-31(18-20)25(32)14-16-34-21-10-4-3-5-11-21/h3-7,10-13,19-20,24H,8-9,14-18H2,1-2H3,(H,28,29)(H,30,33)/t20-,24-/m0/s1. The lowest BCUT2D eigenvalue weighted by molar-refractivity contribution is -0.136.